The van der Waals surface area contributed by atoms with Gasteiger partial charge in [-0.1, -0.05) is 31.4 Å². The van der Waals surface area contributed by atoms with Crippen molar-refractivity contribution in [2.75, 3.05) is 10.6 Å². The second kappa shape index (κ2) is 6.83. The summed E-state index contributed by atoms with van der Waals surface area (Å²) in [5.74, 6) is -0.336. The first-order valence-corrected chi connectivity index (χ1v) is 8.61. The minimum absolute atomic E-state index is 0.336. The molecule has 0 fully saturated rings. The number of amides is 1. The van der Waals surface area contributed by atoms with E-state index < -0.39 is 5.60 Å². The van der Waals surface area contributed by atoms with Gasteiger partial charge in [0.15, 0.2) is 5.60 Å². The zero-order valence-electron chi connectivity index (χ0n) is 13.6. The lowest BCUT2D eigenvalue weighted by Crippen LogP contribution is -2.34. The molecule has 0 saturated carbocycles. The van der Waals surface area contributed by atoms with Crippen LogP contribution in [0, 0.1) is 0 Å². The van der Waals surface area contributed by atoms with Crippen molar-refractivity contribution >= 4 is 34.6 Å². The highest BCUT2D eigenvalue weighted by atomic mass is 35.5. The Balaban J connectivity index is 1.85. The molecule has 2 aromatic carbocycles. The van der Waals surface area contributed by atoms with E-state index in [0.717, 1.165) is 30.6 Å². The van der Waals surface area contributed by atoms with E-state index in [2.05, 4.69) is 17.6 Å². The smallest absolute Gasteiger partial charge is 0.261 e. The van der Waals surface area contributed by atoms with Gasteiger partial charge in [0.25, 0.3) is 5.91 Å². The van der Waals surface area contributed by atoms with Crippen molar-refractivity contribution in [3.8, 4) is 0 Å². The van der Waals surface area contributed by atoms with Crippen LogP contribution in [-0.2, 0) is 10.4 Å². The number of anilines is 3. The third-order valence-corrected chi connectivity index (χ3v) is 4.62. The third-order valence-electron chi connectivity index (χ3n) is 4.36. The number of fused-ring (bicyclic) bond motifs is 1. The Hall–Kier alpha value is -2.04. The molecule has 2 aromatic rings. The molecular formula is C19H21ClN2O2. The summed E-state index contributed by atoms with van der Waals surface area (Å²) >= 11 is 5.90. The van der Waals surface area contributed by atoms with Crippen LogP contribution in [-0.4, -0.2) is 11.0 Å². The van der Waals surface area contributed by atoms with Gasteiger partial charge in [0.05, 0.1) is 0 Å². The molecule has 3 N–H and O–H groups in total. The molecule has 0 radical (unpaired) electrons. The standard InChI is InChI=1S/C19H21ClN2O2/c1-2-3-4-11-19(24)16-12-15(9-10-17(16)22-18(19)23)21-14-7-5-13(20)6-8-14/h5-10,12,21,24H,2-4,11H2,1H3,(H,22,23). The number of halogens is 1. The van der Waals surface area contributed by atoms with Gasteiger partial charge in [-0.3, -0.25) is 4.79 Å². The molecule has 1 heterocycles. The highest BCUT2D eigenvalue weighted by Gasteiger charge is 2.44. The number of hydrogen-bond donors (Lipinski definition) is 3. The maximum Gasteiger partial charge on any atom is 0.261 e. The molecule has 0 saturated heterocycles. The van der Waals surface area contributed by atoms with Gasteiger partial charge >= 0.3 is 0 Å². The van der Waals surface area contributed by atoms with Crippen molar-refractivity contribution in [3.05, 3.63) is 53.1 Å². The predicted molar refractivity (Wildman–Crippen MR) is 97.8 cm³/mol. The number of rotatable bonds is 6. The van der Waals surface area contributed by atoms with E-state index in [-0.39, 0.29) is 5.91 Å². The summed E-state index contributed by atoms with van der Waals surface area (Å²) in [5.41, 5.74) is 1.60. The van der Waals surface area contributed by atoms with Gasteiger partial charge in [0.2, 0.25) is 0 Å². The van der Waals surface area contributed by atoms with E-state index in [1.807, 2.05) is 42.5 Å². The number of unbranched alkanes of at least 4 members (excludes halogenated alkanes) is 2. The molecule has 126 valence electrons. The molecule has 0 aromatic heterocycles. The van der Waals surface area contributed by atoms with Gasteiger partial charge in [-0.2, -0.15) is 0 Å². The molecule has 1 aliphatic heterocycles. The van der Waals surface area contributed by atoms with Gasteiger partial charge in [-0.25, -0.2) is 0 Å². The quantitative estimate of drug-likeness (QED) is 0.659. The highest BCUT2D eigenvalue weighted by molar-refractivity contribution is 6.30. The lowest BCUT2D eigenvalue weighted by molar-refractivity contribution is -0.134. The summed E-state index contributed by atoms with van der Waals surface area (Å²) < 4.78 is 0. The van der Waals surface area contributed by atoms with Gasteiger partial charge in [0.1, 0.15) is 0 Å². The topological polar surface area (TPSA) is 61.4 Å². The van der Waals surface area contributed by atoms with Crippen LogP contribution in [0.25, 0.3) is 0 Å². The van der Waals surface area contributed by atoms with Crippen LogP contribution in [0.2, 0.25) is 5.02 Å². The largest absolute Gasteiger partial charge is 0.375 e. The van der Waals surface area contributed by atoms with Crippen molar-refractivity contribution in [2.24, 2.45) is 0 Å². The Morgan fingerprint density at radius 3 is 2.54 bits per heavy atom. The molecule has 3 rings (SSSR count). The average Bonchev–Trinajstić information content (AvgIpc) is 2.81. The monoisotopic (exact) mass is 344 g/mol. The zero-order valence-corrected chi connectivity index (χ0v) is 14.4. The van der Waals surface area contributed by atoms with Crippen LogP contribution in [0.1, 0.15) is 38.2 Å². The van der Waals surface area contributed by atoms with Crippen LogP contribution >= 0.6 is 11.6 Å². The maximum atomic E-state index is 12.3. The Morgan fingerprint density at radius 1 is 1.12 bits per heavy atom. The lowest BCUT2D eigenvalue weighted by atomic mass is 9.89. The molecule has 0 spiro atoms. The first-order chi connectivity index (χ1) is 11.5. The Labute approximate surface area is 146 Å². The van der Waals surface area contributed by atoms with Crippen LogP contribution in [0.3, 0.4) is 0 Å². The molecule has 0 aliphatic carbocycles. The molecule has 0 bridgehead atoms. The number of aliphatic hydroxyl groups is 1. The van der Waals surface area contributed by atoms with Crippen molar-refractivity contribution in [2.45, 2.75) is 38.2 Å². The number of carbonyl (C=O) groups excluding carboxylic acids is 1. The summed E-state index contributed by atoms with van der Waals surface area (Å²) in [4.78, 5) is 12.3. The Bertz CT molecular complexity index is 746. The minimum Gasteiger partial charge on any atom is -0.375 e. The molecule has 1 atom stereocenters. The highest BCUT2D eigenvalue weighted by Crippen LogP contribution is 2.41. The fourth-order valence-corrected chi connectivity index (χ4v) is 3.13. The molecule has 5 heteroatoms. The molecule has 1 aliphatic rings. The normalized spacial score (nSPS) is 19.0. The fourth-order valence-electron chi connectivity index (χ4n) is 3.00. The first-order valence-electron chi connectivity index (χ1n) is 8.24. The van der Waals surface area contributed by atoms with E-state index >= 15 is 0 Å². The summed E-state index contributed by atoms with van der Waals surface area (Å²) in [6.45, 7) is 2.10. The summed E-state index contributed by atoms with van der Waals surface area (Å²) in [6, 6.07) is 12.9. The maximum absolute atomic E-state index is 12.3. The fraction of sp³-hybridized carbons (Fsp3) is 0.316. The average molecular weight is 345 g/mol. The van der Waals surface area contributed by atoms with E-state index in [4.69, 9.17) is 11.6 Å². The van der Waals surface area contributed by atoms with Crippen LogP contribution in [0.15, 0.2) is 42.5 Å². The second-order valence-corrected chi connectivity index (χ2v) is 6.60. The molecule has 4 nitrogen and oxygen atoms in total. The zero-order chi connectivity index (χ0) is 17.2. The van der Waals surface area contributed by atoms with Gasteiger partial charge < -0.3 is 15.7 Å². The number of hydrogen-bond acceptors (Lipinski definition) is 3. The van der Waals surface area contributed by atoms with Crippen LogP contribution < -0.4 is 10.6 Å². The van der Waals surface area contributed by atoms with Crippen molar-refractivity contribution in [1.82, 2.24) is 0 Å². The predicted octanol–water partition coefficient (Wildman–Crippen LogP) is 4.80. The van der Waals surface area contributed by atoms with E-state index in [0.29, 0.717) is 22.7 Å². The van der Waals surface area contributed by atoms with Crippen LogP contribution in [0.4, 0.5) is 17.1 Å². The minimum atomic E-state index is -1.44. The third kappa shape index (κ3) is 3.25. The van der Waals surface area contributed by atoms with Gasteiger partial charge in [-0.15, -0.1) is 0 Å². The van der Waals surface area contributed by atoms with Crippen molar-refractivity contribution in [1.29, 1.82) is 0 Å². The summed E-state index contributed by atoms with van der Waals surface area (Å²) in [7, 11) is 0. The molecular weight excluding hydrogens is 324 g/mol. The number of carbonyl (C=O) groups is 1. The van der Waals surface area contributed by atoms with Crippen molar-refractivity contribution in [3.63, 3.8) is 0 Å². The molecule has 24 heavy (non-hydrogen) atoms. The first kappa shape index (κ1) is 16.8. The lowest BCUT2D eigenvalue weighted by Gasteiger charge is -2.21. The number of benzene rings is 2. The Kier molecular flexibility index (Phi) is 4.78. The summed E-state index contributed by atoms with van der Waals surface area (Å²) in [5, 5.41) is 17.6. The van der Waals surface area contributed by atoms with Crippen LogP contribution in [0.5, 0.6) is 0 Å². The van der Waals surface area contributed by atoms with E-state index in [1.165, 1.54) is 0 Å². The van der Waals surface area contributed by atoms with Crippen molar-refractivity contribution < 1.29 is 9.90 Å². The van der Waals surface area contributed by atoms with E-state index in [1.54, 1.807) is 0 Å². The molecule has 1 amide bonds. The SMILES string of the molecule is CCCCCC1(O)C(=O)Nc2ccc(Nc3ccc(Cl)cc3)cc21. The Morgan fingerprint density at radius 2 is 1.83 bits per heavy atom. The summed E-state index contributed by atoms with van der Waals surface area (Å²) in [6.07, 6.45) is 3.29. The number of nitrogens with one attached hydrogen (secondary N) is 2. The second-order valence-electron chi connectivity index (χ2n) is 6.16. The van der Waals surface area contributed by atoms with E-state index in [9.17, 15) is 9.90 Å². The molecule has 1 unspecified atom stereocenters. The van der Waals surface area contributed by atoms with Gasteiger partial charge in [0, 0.05) is 27.6 Å². The van der Waals surface area contributed by atoms with Gasteiger partial charge in [-0.05, 0) is 55.3 Å².